The van der Waals surface area contributed by atoms with Crippen LogP contribution in [0.25, 0.3) is 0 Å². The monoisotopic (exact) mass is 261 g/mol. The van der Waals surface area contributed by atoms with Gasteiger partial charge in [0.2, 0.25) is 0 Å². The van der Waals surface area contributed by atoms with Gasteiger partial charge in [-0.05, 0) is 58.1 Å². The quantitative estimate of drug-likeness (QED) is 0.875. The van der Waals surface area contributed by atoms with E-state index in [0.29, 0.717) is 12.1 Å². The molecule has 1 fully saturated rings. The van der Waals surface area contributed by atoms with Crippen LogP contribution in [0.4, 0.5) is 0 Å². The molecule has 2 rings (SSSR count). The van der Waals surface area contributed by atoms with E-state index in [-0.39, 0.29) is 5.54 Å². The number of rotatable bonds is 4. The molecule has 0 bridgehead atoms. The van der Waals surface area contributed by atoms with Crippen LogP contribution in [0.3, 0.4) is 0 Å². The van der Waals surface area contributed by atoms with Gasteiger partial charge in [-0.25, -0.2) is 0 Å². The first kappa shape index (κ1) is 14.5. The number of pyridine rings is 1. The van der Waals surface area contributed by atoms with Gasteiger partial charge in [0.15, 0.2) is 0 Å². The minimum Gasteiger partial charge on any atom is -0.310 e. The lowest BCUT2D eigenvalue weighted by molar-refractivity contribution is 0.261. The largest absolute Gasteiger partial charge is 0.310 e. The van der Waals surface area contributed by atoms with E-state index in [9.17, 15) is 0 Å². The van der Waals surface area contributed by atoms with Crippen LogP contribution in [0.1, 0.15) is 52.0 Å². The molecule has 19 heavy (non-hydrogen) atoms. The molecule has 1 aliphatic carbocycles. The van der Waals surface area contributed by atoms with Crippen LogP contribution in [0.2, 0.25) is 0 Å². The Bertz CT molecular complexity index is 361. The lowest BCUT2D eigenvalue weighted by atomic mass is 9.89. The van der Waals surface area contributed by atoms with Crippen molar-refractivity contribution in [1.29, 1.82) is 0 Å². The van der Waals surface area contributed by atoms with Crippen LogP contribution < -0.4 is 10.6 Å². The van der Waals surface area contributed by atoms with Crippen molar-refractivity contribution < 1.29 is 0 Å². The molecule has 106 valence electrons. The van der Waals surface area contributed by atoms with Crippen molar-refractivity contribution in [3.05, 3.63) is 30.1 Å². The van der Waals surface area contributed by atoms with Crippen molar-refractivity contribution in [3.8, 4) is 0 Å². The minimum atomic E-state index is 0.237. The highest BCUT2D eigenvalue weighted by Gasteiger charge is 2.23. The highest BCUT2D eigenvalue weighted by atomic mass is 15.0. The second-order valence-electron chi connectivity index (χ2n) is 6.69. The van der Waals surface area contributed by atoms with Crippen molar-refractivity contribution >= 4 is 0 Å². The first-order chi connectivity index (χ1) is 9.03. The van der Waals surface area contributed by atoms with Crippen molar-refractivity contribution in [3.63, 3.8) is 0 Å². The molecule has 0 spiro atoms. The van der Waals surface area contributed by atoms with E-state index in [2.05, 4.69) is 42.5 Å². The molecule has 1 saturated carbocycles. The Balaban J connectivity index is 1.69. The summed E-state index contributed by atoms with van der Waals surface area (Å²) >= 11 is 0. The number of hydrogen-bond acceptors (Lipinski definition) is 3. The molecule has 0 aromatic carbocycles. The van der Waals surface area contributed by atoms with E-state index in [1.165, 1.54) is 31.2 Å². The molecular weight excluding hydrogens is 234 g/mol. The molecule has 0 aliphatic heterocycles. The summed E-state index contributed by atoms with van der Waals surface area (Å²) in [6.07, 6.45) is 8.87. The number of hydrogen-bond donors (Lipinski definition) is 2. The van der Waals surface area contributed by atoms with Crippen molar-refractivity contribution in [2.24, 2.45) is 0 Å². The fraction of sp³-hybridized carbons (Fsp3) is 0.688. The average molecular weight is 261 g/mol. The van der Waals surface area contributed by atoms with E-state index < -0.39 is 0 Å². The normalized spacial score (nSPS) is 24.4. The van der Waals surface area contributed by atoms with Crippen LogP contribution in [-0.4, -0.2) is 22.6 Å². The minimum absolute atomic E-state index is 0.237. The molecule has 1 aromatic heterocycles. The Kier molecular flexibility index (Phi) is 4.94. The first-order valence-electron chi connectivity index (χ1n) is 7.43. The fourth-order valence-corrected chi connectivity index (χ4v) is 2.82. The van der Waals surface area contributed by atoms with Gasteiger partial charge in [0, 0.05) is 36.6 Å². The Morgan fingerprint density at radius 2 is 1.84 bits per heavy atom. The Labute approximate surface area is 117 Å². The zero-order valence-corrected chi connectivity index (χ0v) is 12.4. The summed E-state index contributed by atoms with van der Waals surface area (Å²) in [4.78, 5) is 4.15. The molecule has 3 heteroatoms. The summed E-state index contributed by atoms with van der Waals surface area (Å²) < 4.78 is 0. The molecule has 0 saturated heterocycles. The standard InChI is InChI=1S/C16H27N3/c1-16(2,3)19-15-8-6-14(7-9-15)18-12-13-5-4-10-17-11-13/h4-5,10-11,14-15,18-19H,6-9,12H2,1-3H3/t14-,15+. The molecule has 1 aromatic rings. The average Bonchev–Trinajstić information content (AvgIpc) is 2.37. The third-order valence-electron chi connectivity index (χ3n) is 3.68. The van der Waals surface area contributed by atoms with Crippen molar-refractivity contribution in [2.45, 2.75) is 70.6 Å². The summed E-state index contributed by atoms with van der Waals surface area (Å²) in [6.45, 7) is 7.69. The van der Waals surface area contributed by atoms with Gasteiger partial charge < -0.3 is 10.6 Å². The maximum atomic E-state index is 4.15. The van der Waals surface area contributed by atoms with Gasteiger partial charge in [-0.2, -0.15) is 0 Å². The molecule has 0 amide bonds. The number of aromatic nitrogens is 1. The maximum absolute atomic E-state index is 4.15. The summed E-state index contributed by atoms with van der Waals surface area (Å²) in [5.41, 5.74) is 1.51. The second kappa shape index (κ2) is 6.49. The van der Waals surface area contributed by atoms with Gasteiger partial charge in [-0.3, -0.25) is 4.98 Å². The van der Waals surface area contributed by atoms with Gasteiger partial charge in [0.25, 0.3) is 0 Å². The third kappa shape index (κ3) is 5.29. The van der Waals surface area contributed by atoms with E-state index in [4.69, 9.17) is 0 Å². The highest BCUT2D eigenvalue weighted by Crippen LogP contribution is 2.21. The zero-order valence-electron chi connectivity index (χ0n) is 12.4. The van der Waals surface area contributed by atoms with Crippen LogP contribution >= 0.6 is 0 Å². The van der Waals surface area contributed by atoms with E-state index in [0.717, 1.165) is 6.54 Å². The summed E-state index contributed by atoms with van der Waals surface area (Å²) in [6, 6.07) is 5.49. The van der Waals surface area contributed by atoms with Gasteiger partial charge in [0.05, 0.1) is 0 Å². The van der Waals surface area contributed by atoms with Gasteiger partial charge in [-0.15, -0.1) is 0 Å². The van der Waals surface area contributed by atoms with Crippen LogP contribution in [0.5, 0.6) is 0 Å². The maximum Gasteiger partial charge on any atom is 0.0312 e. The van der Waals surface area contributed by atoms with Crippen LogP contribution in [0.15, 0.2) is 24.5 Å². The molecule has 2 N–H and O–H groups in total. The van der Waals surface area contributed by atoms with Gasteiger partial charge >= 0.3 is 0 Å². The molecule has 1 heterocycles. The van der Waals surface area contributed by atoms with Crippen molar-refractivity contribution in [1.82, 2.24) is 15.6 Å². The topological polar surface area (TPSA) is 37.0 Å². The SMILES string of the molecule is CC(C)(C)N[C@H]1CC[C@@H](NCc2cccnc2)CC1. The van der Waals surface area contributed by atoms with Gasteiger partial charge in [-0.1, -0.05) is 6.07 Å². The Morgan fingerprint density at radius 1 is 1.16 bits per heavy atom. The van der Waals surface area contributed by atoms with E-state index >= 15 is 0 Å². The second-order valence-corrected chi connectivity index (χ2v) is 6.69. The first-order valence-corrected chi connectivity index (χ1v) is 7.43. The summed E-state index contributed by atoms with van der Waals surface area (Å²) in [7, 11) is 0. The predicted molar refractivity (Wildman–Crippen MR) is 80.0 cm³/mol. The number of nitrogens with one attached hydrogen (secondary N) is 2. The molecule has 0 unspecified atom stereocenters. The predicted octanol–water partition coefficient (Wildman–Crippen LogP) is 2.87. The number of nitrogens with zero attached hydrogens (tertiary/aromatic N) is 1. The smallest absolute Gasteiger partial charge is 0.0312 e. The summed E-state index contributed by atoms with van der Waals surface area (Å²) in [5, 5.41) is 7.37. The zero-order chi connectivity index (χ0) is 13.7. The fourth-order valence-electron chi connectivity index (χ4n) is 2.82. The third-order valence-corrected chi connectivity index (χ3v) is 3.68. The van der Waals surface area contributed by atoms with E-state index in [1.807, 2.05) is 18.5 Å². The van der Waals surface area contributed by atoms with E-state index in [1.54, 1.807) is 0 Å². The van der Waals surface area contributed by atoms with Crippen molar-refractivity contribution in [2.75, 3.05) is 0 Å². The lowest BCUT2D eigenvalue weighted by Crippen LogP contribution is -2.47. The Hall–Kier alpha value is -0.930. The highest BCUT2D eigenvalue weighted by molar-refractivity contribution is 5.08. The van der Waals surface area contributed by atoms with Gasteiger partial charge in [0.1, 0.15) is 0 Å². The van der Waals surface area contributed by atoms with Crippen LogP contribution in [0, 0.1) is 0 Å². The molecule has 0 atom stereocenters. The molecule has 3 nitrogen and oxygen atoms in total. The molecule has 1 aliphatic rings. The Morgan fingerprint density at radius 3 is 2.42 bits per heavy atom. The lowest BCUT2D eigenvalue weighted by Gasteiger charge is -2.34. The van der Waals surface area contributed by atoms with Crippen LogP contribution in [-0.2, 0) is 6.54 Å². The summed E-state index contributed by atoms with van der Waals surface area (Å²) in [5.74, 6) is 0. The molecule has 0 radical (unpaired) electrons. The molecular formula is C16H27N3.